The Morgan fingerprint density at radius 2 is 2.00 bits per heavy atom. The molecular formula is C12H16N2O. The van der Waals surface area contributed by atoms with Crippen molar-refractivity contribution in [2.75, 3.05) is 0 Å². The van der Waals surface area contributed by atoms with Gasteiger partial charge in [-0.15, -0.1) is 0 Å². The Balaban J connectivity index is 2.77. The van der Waals surface area contributed by atoms with Crippen LogP contribution in [0.15, 0.2) is 18.2 Å². The topological polar surface area (TPSA) is 31.9 Å². The van der Waals surface area contributed by atoms with E-state index in [0.717, 1.165) is 21.6 Å². The van der Waals surface area contributed by atoms with Crippen molar-refractivity contribution in [1.82, 2.24) is 4.57 Å². The third-order valence-corrected chi connectivity index (χ3v) is 3.03. The van der Waals surface area contributed by atoms with Crippen LogP contribution in [0.4, 0.5) is 0 Å². The van der Waals surface area contributed by atoms with Crippen molar-refractivity contribution in [3.8, 4) is 0 Å². The molecule has 0 saturated carbocycles. The Morgan fingerprint density at radius 1 is 1.33 bits per heavy atom. The van der Waals surface area contributed by atoms with Gasteiger partial charge in [0.25, 0.3) is 5.82 Å². The molecule has 0 fully saturated rings. The average molecular weight is 204 g/mol. The van der Waals surface area contributed by atoms with Gasteiger partial charge in [0.05, 0.1) is 7.05 Å². The third-order valence-electron chi connectivity index (χ3n) is 3.03. The summed E-state index contributed by atoms with van der Waals surface area (Å²) in [6, 6.07) is 6.10. The van der Waals surface area contributed by atoms with E-state index in [0.29, 0.717) is 5.92 Å². The van der Waals surface area contributed by atoms with Gasteiger partial charge in [-0.1, -0.05) is 19.9 Å². The van der Waals surface area contributed by atoms with E-state index < -0.39 is 0 Å². The molecule has 0 amide bonds. The second kappa shape index (κ2) is 3.26. The molecule has 0 spiro atoms. The van der Waals surface area contributed by atoms with Crippen LogP contribution in [0.3, 0.4) is 0 Å². The summed E-state index contributed by atoms with van der Waals surface area (Å²) in [6.45, 7) is 6.10. The largest absolute Gasteiger partial charge is 0.710 e. The molecule has 2 aromatic rings. The van der Waals surface area contributed by atoms with Crippen molar-refractivity contribution in [2.45, 2.75) is 26.7 Å². The van der Waals surface area contributed by atoms with Gasteiger partial charge in [-0.05, 0) is 23.6 Å². The van der Waals surface area contributed by atoms with Crippen LogP contribution in [-0.2, 0) is 7.05 Å². The number of benzene rings is 1. The van der Waals surface area contributed by atoms with Crippen molar-refractivity contribution in [1.29, 1.82) is 0 Å². The van der Waals surface area contributed by atoms with E-state index >= 15 is 0 Å². The lowest BCUT2D eigenvalue weighted by molar-refractivity contribution is -0.585. The number of aryl methyl sites for hydroxylation is 1. The molecule has 0 aliphatic carbocycles. The Bertz CT molecular complexity index is 512. The number of rotatable bonds is 1. The second-order valence-electron chi connectivity index (χ2n) is 4.30. The van der Waals surface area contributed by atoms with Crippen molar-refractivity contribution < 1.29 is 4.73 Å². The number of imidazole rings is 1. The smallest absolute Gasteiger partial charge is 0.257 e. The molecule has 0 aliphatic heterocycles. The third kappa shape index (κ3) is 1.39. The molecule has 1 heterocycles. The van der Waals surface area contributed by atoms with Gasteiger partial charge in [0.2, 0.25) is 0 Å². The van der Waals surface area contributed by atoms with Crippen molar-refractivity contribution >= 4 is 11.0 Å². The van der Waals surface area contributed by atoms with Gasteiger partial charge in [-0.2, -0.15) is 0 Å². The number of nitrogens with zero attached hydrogens (tertiary/aromatic N) is 2. The summed E-state index contributed by atoms with van der Waals surface area (Å²) in [5.74, 6) is 1.18. The Morgan fingerprint density at radius 3 is 2.60 bits per heavy atom. The molecule has 0 bridgehead atoms. The molecule has 0 N–H and O–H groups in total. The number of hydrogen-bond donors (Lipinski definition) is 0. The summed E-state index contributed by atoms with van der Waals surface area (Å²) in [7, 11) is 1.92. The van der Waals surface area contributed by atoms with E-state index in [9.17, 15) is 5.21 Å². The summed E-state index contributed by atoms with van der Waals surface area (Å²) in [5, 5.41) is 11.8. The summed E-state index contributed by atoms with van der Waals surface area (Å²) in [5.41, 5.74) is 2.96. The molecule has 0 saturated heterocycles. The molecule has 3 heteroatoms. The van der Waals surface area contributed by atoms with Crippen LogP contribution in [0, 0.1) is 12.1 Å². The Labute approximate surface area is 89.5 Å². The van der Waals surface area contributed by atoms with Crippen LogP contribution in [0.5, 0.6) is 0 Å². The predicted octanol–water partition coefficient (Wildman–Crippen LogP) is 2.24. The van der Waals surface area contributed by atoms with Crippen LogP contribution < -0.4 is 4.73 Å². The number of hydrogen-bond acceptors (Lipinski definition) is 1. The fourth-order valence-electron chi connectivity index (χ4n) is 1.83. The molecule has 1 aromatic heterocycles. The van der Waals surface area contributed by atoms with Crippen LogP contribution in [0.25, 0.3) is 11.0 Å². The maximum atomic E-state index is 11.8. The van der Waals surface area contributed by atoms with E-state index in [1.807, 2.05) is 30.7 Å². The SMILES string of the molecule is Cc1n(C)c2ccc(C(C)C)cc2[n+]1[O-]. The lowest BCUT2D eigenvalue weighted by Crippen LogP contribution is -2.28. The fourth-order valence-corrected chi connectivity index (χ4v) is 1.83. The minimum absolute atomic E-state index is 0.454. The molecule has 2 rings (SSSR count). The lowest BCUT2D eigenvalue weighted by atomic mass is 10.0. The first kappa shape index (κ1) is 10.0. The normalized spacial score (nSPS) is 11.5. The van der Waals surface area contributed by atoms with Crippen molar-refractivity contribution in [3.63, 3.8) is 0 Å². The van der Waals surface area contributed by atoms with Gasteiger partial charge >= 0.3 is 0 Å². The van der Waals surface area contributed by atoms with E-state index in [1.165, 1.54) is 5.56 Å². The van der Waals surface area contributed by atoms with E-state index in [2.05, 4.69) is 19.9 Å². The lowest BCUT2D eigenvalue weighted by Gasteiger charge is -2.04. The first-order chi connectivity index (χ1) is 7.02. The molecule has 15 heavy (non-hydrogen) atoms. The molecule has 3 nitrogen and oxygen atoms in total. The van der Waals surface area contributed by atoms with Gasteiger partial charge in [0.1, 0.15) is 0 Å². The maximum Gasteiger partial charge on any atom is 0.257 e. The molecule has 0 unspecified atom stereocenters. The molecule has 0 atom stereocenters. The Kier molecular flexibility index (Phi) is 2.18. The highest BCUT2D eigenvalue weighted by molar-refractivity contribution is 5.73. The zero-order valence-corrected chi connectivity index (χ0v) is 9.61. The van der Waals surface area contributed by atoms with E-state index in [1.54, 1.807) is 0 Å². The highest BCUT2D eigenvalue weighted by atomic mass is 16.5. The van der Waals surface area contributed by atoms with E-state index in [-0.39, 0.29) is 0 Å². The monoisotopic (exact) mass is 204 g/mol. The van der Waals surface area contributed by atoms with Gasteiger partial charge in [0, 0.05) is 6.92 Å². The highest BCUT2D eigenvalue weighted by Crippen LogP contribution is 2.20. The maximum absolute atomic E-state index is 11.8. The minimum Gasteiger partial charge on any atom is -0.710 e. The zero-order chi connectivity index (χ0) is 11.2. The fraction of sp³-hybridized carbons (Fsp3) is 0.417. The standard InChI is InChI=1S/C12H16N2O/c1-8(2)10-5-6-11-12(7-10)14(15)9(3)13(11)4/h5-8H,1-4H3. The zero-order valence-electron chi connectivity index (χ0n) is 9.61. The number of fused-ring (bicyclic) bond motifs is 1. The average Bonchev–Trinajstić information content (AvgIpc) is 2.44. The first-order valence-electron chi connectivity index (χ1n) is 5.21. The highest BCUT2D eigenvalue weighted by Gasteiger charge is 2.15. The van der Waals surface area contributed by atoms with Crippen molar-refractivity contribution in [3.05, 3.63) is 34.8 Å². The molecule has 0 aliphatic rings. The molecular weight excluding hydrogens is 188 g/mol. The van der Waals surface area contributed by atoms with Crippen LogP contribution in [-0.4, -0.2) is 4.57 Å². The number of aromatic nitrogens is 2. The molecule has 1 aromatic carbocycles. The first-order valence-corrected chi connectivity index (χ1v) is 5.21. The Hall–Kier alpha value is -1.51. The van der Waals surface area contributed by atoms with Gasteiger partial charge in [-0.3, -0.25) is 0 Å². The molecule has 80 valence electrons. The van der Waals surface area contributed by atoms with Crippen LogP contribution >= 0.6 is 0 Å². The van der Waals surface area contributed by atoms with Gasteiger partial charge < -0.3 is 5.21 Å². The van der Waals surface area contributed by atoms with Crippen LogP contribution in [0.1, 0.15) is 31.2 Å². The minimum atomic E-state index is 0.454. The molecule has 0 radical (unpaired) electrons. The summed E-state index contributed by atoms with van der Waals surface area (Å²) in [6.07, 6.45) is 0. The second-order valence-corrected chi connectivity index (χ2v) is 4.30. The van der Waals surface area contributed by atoms with Gasteiger partial charge in [-0.25, -0.2) is 9.30 Å². The van der Waals surface area contributed by atoms with Crippen molar-refractivity contribution in [2.24, 2.45) is 7.05 Å². The van der Waals surface area contributed by atoms with Gasteiger partial charge in [0.15, 0.2) is 11.0 Å². The summed E-state index contributed by atoms with van der Waals surface area (Å²) in [4.78, 5) is 0. The quantitative estimate of drug-likeness (QED) is 0.518. The predicted molar refractivity (Wildman–Crippen MR) is 60.7 cm³/mol. The summed E-state index contributed by atoms with van der Waals surface area (Å²) >= 11 is 0. The van der Waals surface area contributed by atoms with E-state index in [4.69, 9.17) is 0 Å². The van der Waals surface area contributed by atoms with Crippen LogP contribution in [0.2, 0.25) is 0 Å². The summed E-state index contributed by atoms with van der Waals surface area (Å²) < 4.78 is 2.92.